The molecule has 2 atom stereocenters. The van der Waals surface area contributed by atoms with Crippen LogP contribution in [0.4, 0.5) is 0 Å². The first-order valence-electron chi connectivity index (χ1n) is 7.33. The smallest absolute Gasteiger partial charge is 0.0942 e. The number of likely N-dealkylation sites (N-methyl/N-ethyl adjacent to an activating group) is 1. The lowest BCUT2D eigenvalue weighted by Gasteiger charge is -2.28. The normalized spacial score (nSPS) is 13.8. The van der Waals surface area contributed by atoms with Gasteiger partial charge in [-0.2, -0.15) is 0 Å². The summed E-state index contributed by atoms with van der Waals surface area (Å²) in [5, 5.41) is 10.4. The molecule has 0 heterocycles. The predicted molar refractivity (Wildman–Crippen MR) is 96.2 cm³/mol. The highest BCUT2D eigenvalue weighted by molar-refractivity contribution is 5.85. The van der Waals surface area contributed by atoms with E-state index in [1.165, 1.54) is 5.56 Å². The molecule has 0 unspecified atom stereocenters. The van der Waals surface area contributed by atoms with Crippen LogP contribution in [-0.2, 0) is 0 Å². The van der Waals surface area contributed by atoms with Crippen LogP contribution in [0.15, 0.2) is 66.7 Å². The lowest BCUT2D eigenvalue weighted by atomic mass is 10.0. The van der Waals surface area contributed by atoms with Crippen LogP contribution in [-0.4, -0.2) is 29.6 Å². The molecule has 0 amide bonds. The average Bonchev–Trinajstić information content (AvgIpc) is 2.55. The van der Waals surface area contributed by atoms with Crippen LogP contribution in [0, 0.1) is 0 Å². The van der Waals surface area contributed by atoms with E-state index in [-0.39, 0.29) is 18.4 Å². The van der Waals surface area contributed by atoms with Gasteiger partial charge < -0.3 is 5.11 Å². The number of aliphatic hydroxyl groups excluding tert-OH is 1. The van der Waals surface area contributed by atoms with Crippen LogP contribution in [0.25, 0.3) is 6.08 Å². The lowest BCUT2D eigenvalue weighted by molar-refractivity contribution is 0.0787. The molecule has 1 N–H and O–H groups in total. The maximum absolute atomic E-state index is 10.4. The highest BCUT2D eigenvalue weighted by Gasteiger charge is 2.19. The minimum Gasteiger partial charge on any atom is -0.387 e. The van der Waals surface area contributed by atoms with Crippen LogP contribution in [0.2, 0.25) is 0 Å². The van der Waals surface area contributed by atoms with E-state index in [0.717, 1.165) is 12.1 Å². The highest BCUT2D eigenvalue weighted by atomic mass is 35.5. The molecule has 22 heavy (non-hydrogen) atoms. The summed E-state index contributed by atoms with van der Waals surface area (Å²) in [7, 11) is 2.03. The summed E-state index contributed by atoms with van der Waals surface area (Å²) in [6.45, 7) is 2.86. The van der Waals surface area contributed by atoms with Gasteiger partial charge in [0, 0.05) is 12.6 Å². The average molecular weight is 318 g/mol. The van der Waals surface area contributed by atoms with Crippen molar-refractivity contribution >= 4 is 18.5 Å². The van der Waals surface area contributed by atoms with Crippen molar-refractivity contribution in [3.8, 4) is 0 Å². The van der Waals surface area contributed by atoms with Gasteiger partial charge >= 0.3 is 0 Å². The third-order valence-corrected chi connectivity index (χ3v) is 3.80. The minimum absolute atomic E-state index is 0. The van der Waals surface area contributed by atoms with Crippen LogP contribution >= 0.6 is 12.4 Å². The Hall–Kier alpha value is -1.61. The van der Waals surface area contributed by atoms with Crippen LogP contribution in [0.1, 0.15) is 24.2 Å². The first-order valence-corrected chi connectivity index (χ1v) is 7.33. The molecular weight excluding hydrogens is 294 g/mol. The van der Waals surface area contributed by atoms with Crippen molar-refractivity contribution in [2.45, 2.75) is 19.1 Å². The van der Waals surface area contributed by atoms with Gasteiger partial charge in [-0.25, -0.2) is 0 Å². The molecule has 0 aliphatic carbocycles. The molecule has 0 radical (unpaired) electrons. The number of hydrogen-bond acceptors (Lipinski definition) is 2. The van der Waals surface area contributed by atoms with Gasteiger partial charge in [0.1, 0.15) is 0 Å². The molecule has 0 saturated heterocycles. The number of hydrogen-bond donors (Lipinski definition) is 1. The molecule has 0 aliphatic heterocycles. The fraction of sp³-hybridized carbons (Fsp3) is 0.263. The molecule has 0 saturated carbocycles. The molecule has 0 bridgehead atoms. The predicted octanol–water partition coefficient (Wildman–Crippen LogP) is 4.18. The Morgan fingerprint density at radius 1 is 1.00 bits per heavy atom. The van der Waals surface area contributed by atoms with Gasteiger partial charge in [-0.1, -0.05) is 72.8 Å². The Morgan fingerprint density at radius 2 is 1.55 bits per heavy atom. The fourth-order valence-corrected chi connectivity index (χ4v) is 2.26. The number of benzene rings is 2. The number of nitrogens with zero attached hydrogens (tertiary/aromatic N) is 1. The molecule has 0 aliphatic rings. The first kappa shape index (κ1) is 18.4. The third-order valence-electron chi connectivity index (χ3n) is 3.80. The zero-order valence-corrected chi connectivity index (χ0v) is 13.9. The Labute approximate surface area is 139 Å². The summed E-state index contributed by atoms with van der Waals surface area (Å²) < 4.78 is 0. The third kappa shape index (κ3) is 5.30. The van der Waals surface area contributed by atoms with Crippen molar-refractivity contribution in [2.75, 3.05) is 13.6 Å². The summed E-state index contributed by atoms with van der Waals surface area (Å²) in [5.41, 5.74) is 2.16. The van der Waals surface area contributed by atoms with Gasteiger partial charge in [0.15, 0.2) is 0 Å². The van der Waals surface area contributed by atoms with Crippen molar-refractivity contribution in [2.24, 2.45) is 0 Å². The van der Waals surface area contributed by atoms with E-state index in [0.29, 0.717) is 0 Å². The number of aliphatic hydroxyl groups is 1. The second kappa shape index (κ2) is 9.42. The Kier molecular flexibility index (Phi) is 7.89. The summed E-state index contributed by atoms with van der Waals surface area (Å²) in [6.07, 6.45) is 3.77. The molecule has 3 heteroatoms. The molecule has 2 aromatic carbocycles. The van der Waals surface area contributed by atoms with Crippen LogP contribution in [0.5, 0.6) is 0 Å². The monoisotopic (exact) mass is 317 g/mol. The molecule has 118 valence electrons. The molecule has 2 rings (SSSR count). The Morgan fingerprint density at radius 3 is 2.14 bits per heavy atom. The number of halogens is 1. The molecule has 0 aromatic heterocycles. The second-order valence-electron chi connectivity index (χ2n) is 5.35. The van der Waals surface area contributed by atoms with Gasteiger partial charge in [-0.15, -0.1) is 12.4 Å². The van der Waals surface area contributed by atoms with E-state index in [9.17, 15) is 5.11 Å². The van der Waals surface area contributed by atoms with Gasteiger partial charge in [0.05, 0.1) is 6.10 Å². The van der Waals surface area contributed by atoms with E-state index in [2.05, 4.69) is 29.2 Å². The quantitative estimate of drug-likeness (QED) is 0.864. The van der Waals surface area contributed by atoms with Crippen molar-refractivity contribution in [3.05, 3.63) is 77.9 Å². The maximum atomic E-state index is 10.4. The second-order valence-corrected chi connectivity index (χ2v) is 5.35. The molecule has 2 nitrogen and oxygen atoms in total. The summed E-state index contributed by atoms with van der Waals surface area (Å²) in [6, 6.07) is 20.1. The first-order chi connectivity index (χ1) is 10.2. The van der Waals surface area contributed by atoms with E-state index < -0.39 is 6.10 Å². The van der Waals surface area contributed by atoms with Crippen molar-refractivity contribution in [3.63, 3.8) is 0 Å². The zero-order chi connectivity index (χ0) is 15.1. The van der Waals surface area contributed by atoms with E-state index in [4.69, 9.17) is 0 Å². The summed E-state index contributed by atoms with van der Waals surface area (Å²) >= 11 is 0. The van der Waals surface area contributed by atoms with Crippen molar-refractivity contribution in [1.29, 1.82) is 0 Å². The van der Waals surface area contributed by atoms with Crippen molar-refractivity contribution < 1.29 is 5.11 Å². The van der Waals surface area contributed by atoms with Crippen LogP contribution < -0.4 is 0 Å². The number of rotatable bonds is 6. The van der Waals surface area contributed by atoms with E-state index >= 15 is 0 Å². The maximum Gasteiger partial charge on any atom is 0.0942 e. The molecular formula is C19H24ClNO. The minimum atomic E-state index is -0.471. The van der Waals surface area contributed by atoms with E-state index in [1.54, 1.807) is 0 Å². The Balaban J connectivity index is 0.00000242. The van der Waals surface area contributed by atoms with Gasteiger partial charge in [-0.3, -0.25) is 4.90 Å². The molecule has 0 fully saturated rings. The molecule has 2 aromatic rings. The van der Waals surface area contributed by atoms with Crippen LogP contribution in [0.3, 0.4) is 0 Å². The van der Waals surface area contributed by atoms with Crippen molar-refractivity contribution in [1.82, 2.24) is 4.90 Å². The standard InChI is InChI=1S/C19H23NO.ClH/c1-16(19(21)18-13-7-4-8-14-18)20(2)15-9-12-17-10-5-3-6-11-17;/h3-14,16,19,21H,15H2,1-2H3;1H/b12-9+;/t16-,19-;/m0./s1. The SMILES string of the molecule is C[C@@H]([C@H](O)c1ccccc1)N(C)C/C=C/c1ccccc1.Cl. The zero-order valence-electron chi connectivity index (χ0n) is 13.1. The topological polar surface area (TPSA) is 23.5 Å². The van der Waals surface area contributed by atoms with Gasteiger partial charge in [0.25, 0.3) is 0 Å². The Bertz CT molecular complexity index is 556. The highest BCUT2D eigenvalue weighted by Crippen LogP contribution is 2.19. The fourth-order valence-electron chi connectivity index (χ4n) is 2.26. The van der Waals surface area contributed by atoms with E-state index in [1.807, 2.05) is 62.5 Å². The summed E-state index contributed by atoms with van der Waals surface area (Å²) in [4.78, 5) is 2.15. The summed E-state index contributed by atoms with van der Waals surface area (Å²) in [5.74, 6) is 0. The van der Waals surface area contributed by atoms with Gasteiger partial charge in [0.2, 0.25) is 0 Å². The molecule has 0 spiro atoms. The van der Waals surface area contributed by atoms with Gasteiger partial charge in [-0.05, 0) is 25.1 Å². The lowest BCUT2D eigenvalue weighted by Crippen LogP contribution is -2.34. The largest absolute Gasteiger partial charge is 0.387 e.